The molecule has 8 heteroatoms. The van der Waals surface area contributed by atoms with Crippen molar-refractivity contribution in [2.45, 2.75) is 67.6 Å². The van der Waals surface area contributed by atoms with Crippen LogP contribution in [0.1, 0.15) is 52.9 Å². The molecule has 0 N–H and O–H groups in total. The minimum atomic E-state index is -2.19. The second kappa shape index (κ2) is 10.8. The Morgan fingerprint density at radius 1 is 0.957 bits per heavy atom. The lowest BCUT2D eigenvalue weighted by atomic mass is 9.96. The number of unbranched alkanes of at least 4 members (excludes halogenated alkanes) is 2. The Labute approximate surface area is 156 Å². The molecule has 0 amide bonds. The molecule has 4 nitrogen and oxygen atoms in total. The van der Waals surface area contributed by atoms with Crippen molar-refractivity contribution in [2.24, 2.45) is 0 Å². The van der Waals surface area contributed by atoms with E-state index in [0.29, 0.717) is 29.5 Å². The highest BCUT2D eigenvalue weighted by Gasteiger charge is 2.63. The second-order valence-corrected chi connectivity index (χ2v) is 8.89. The zero-order chi connectivity index (χ0) is 18.1. The molecule has 2 atom stereocenters. The number of hydrogen-bond donors (Lipinski definition) is 0. The summed E-state index contributed by atoms with van der Waals surface area (Å²) in [5.41, 5.74) is -0.341. The van der Waals surface area contributed by atoms with Crippen LogP contribution in [0.5, 0.6) is 0 Å². The van der Waals surface area contributed by atoms with E-state index in [9.17, 15) is 9.59 Å². The molecule has 0 bridgehead atoms. The molecule has 2 unspecified atom stereocenters. The molecule has 0 aromatic rings. The minimum absolute atomic E-state index is 0.187. The van der Waals surface area contributed by atoms with Crippen molar-refractivity contribution < 1.29 is 19.1 Å². The normalized spacial score (nSPS) is 15.7. The SMILES string of the molecule is CCCCOC(=O)C(Cl)(Cl)C(Cl)(C(=O)OCCCC)C([SiH3])CC. The first-order valence-electron chi connectivity index (χ1n) is 8.11. The maximum absolute atomic E-state index is 12.5. The van der Waals surface area contributed by atoms with Crippen LogP contribution in [0.4, 0.5) is 0 Å². The van der Waals surface area contributed by atoms with Gasteiger partial charge < -0.3 is 9.47 Å². The first-order chi connectivity index (χ1) is 10.7. The van der Waals surface area contributed by atoms with Gasteiger partial charge >= 0.3 is 11.9 Å². The Kier molecular flexibility index (Phi) is 10.8. The number of hydrogen-bond acceptors (Lipinski definition) is 4. The molecular formula is C15H27Cl3O4Si. The summed E-state index contributed by atoms with van der Waals surface area (Å²) < 4.78 is 8.11. The third-order valence-corrected chi connectivity index (χ3v) is 7.72. The fraction of sp³-hybridized carbons (Fsp3) is 0.867. The van der Waals surface area contributed by atoms with Crippen molar-refractivity contribution >= 4 is 57.0 Å². The van der Waals surface area contributed by atoms with Gasteiger partial charge in [-0.1, -0.05) is 63.2 Å². The van der Waals surface area contributed by atoms with Crippen molar-refractivity contribution in [2.75, 3.05) is 13.2 Å². The van der Waals surface area contributed by atoms with Gasteiger partial charge in [0.15, 0.2) is 4.87 Å². The summed E-state index contributed by atoms with van der Waals surface area (Å²) >= 11 is 19.0. The Morgan fingerprint density at radius 2 is 1.39 bits per heavy atom. The van der Waals surface area contributed by atoms with Crippen LogP contribution >= 0.6 is 34.8 Å². The summed E-state index contributed by atoms with van der Waals surface area (Å²) in [4.78, 5) is 23.0. The minimum Gasteiger partial charge on any atom is -0.464 e. The maximum atomic E-state index is 12.5. The van der Waals surface area contributed by atoms with E-state index in [1.807, 2.05) is 20.8 Å². The van der Waals surface area contributed by atoms with Gasteiger partial charge in [-0.25, -0.2) is 4.79 Å². The lowest BCUT2D eigenvalue weighted by Crippen LogP contribution is -2.57. The Morgan fingerprint density at radius 3 is 1.78 bits per heavy atom. The van der Waals surface area contributed by atoms with Crippen LogP contribution in [0.25, 0.3) is 0 Å². The second-order valence-electron chi connectivity index (χ2n) is 5.57. The number of carbonyl (C=O) groups excluding carboxylic acids is 2. The van der Waals surface area contributed by atoms with Crippen molar-refractivity contribution in [1.29, 1.82) is 0 Å². The average Bonchev–Trinajstić information content (AvgIpc) is 2.53. The van der Waals surface area contributed by atoms with E-state index < -0.39 is 21.1 Å². The summed E-state index contributed by atoms with van der Waals surface area (Å²) in [6.07, 6.45) is 3.67. The van der Waals surface area contributed by atoms with E-state index in [4.69, 9.17) is 44.3 Å². The molecule has 0 fully saturated rings. The smallest absolute Gasteiger partial charge is 0.345 e. The van der Waals surface area contributed by atoms with Crippen molar-refractivity contribution in [1.82, 2.24) is 0 Å². The third kappa shape index (κ3) is 5.80. The number of alkyl halides is 3. The highest BCUT2D eigenvalue weighted by Crippen LogP contribution is 2.49. The Balaban J connectivity index is 5.32. The van der Waals surface area contributed by atoms with E-state index in [0.717, 1.165) is 12.8 Å². The van der Waals surface area contributed by atoms with Crippen LogP contribution in [0.15, 0.2) is 0 Å². The van der Waals surface area contributed by atoms with E-state index >= 15 is 0 Å². The number of halogens is 3. The molecular weight excluding hydrogens is 379 g/mol. The van der Waals surface area contributed by atoms with Crippen LogP contribution in [0, 0.1) is 0 Å². The van der Waals surface area contributed by atoms with Gasteiger partial charge in [0, 0.05) is 10.2 Å². The van der Waals surface area contributed by atoms with Gasteiger partial charge in [0.25, 0.3) is 0 Å². The molecule has 23 heavy (non-hydrogen) atoms. The molecule has 0 aromatic heterocycles. The largest absolute Gasteiger partial charge is 0.464 e. The monoisotopic (exact) mass is 404 g/mol. The molecule has 0 saturated carbocycles. The summed E-state index contributed by atoms with van der Waals surface area (Å²) in [7, 11) is 0.528. The van der Waals surface area contributed by atoms with Crippen LogP contribution < -0.4 is 0 Å². The van der Waals surface area contributed by atoms with Gasteiger partial charge in [0.1, 0.15) is 0 Å². The zero-order valence-electron chi connectivity index (χ0n) is 14.3. The fourth-order valence-electron chi connectivity index (χ4n) is 1.88. The molecule has 136 valence electrons. The molecule has 0 saturated heterocycles. The van der Waals surface area contributed by atoms with E-state index in [1.165, 1.54) is 0 Å². The fourth-order valence-corrected chi connectivity index (χ4v) is 3.84. The summed E-state index contributed by atoms with van der Waals surface area (Å²) in [5.74, 6) is -1.65. The highest BCUT2D eigenvalue weighted by atomic mass is 35.5. The van der Waals surface area contributed by atoms with Gasteiger partial charge in [-0.2, -0.15) is 0 Å². The zero-order valence-corrected chi connectivity index (χ0v) is 18.6. The molecule has 0 rings (SSSR count). The lowest BCUT2D eigenvalue weighted by Gasteiger charge is -2.38. The standard InChI is InChI=1S/C15H27Cl3O4Si/c1-4-7-9-21-12(19)14(16,11(23)6-3)15(17,18)13(20)22-10-8-5-2/h11H,4-10H2,1-3,23H3. The number of carbonyl (C=O) groups is 2. The average molecular weight is 406 g/mol. The molecule has 0 aromatic carbocycles. The van der Waals surface area contributed by atoms with Gasteiger partial charge in [0.2, 0.25) is 4.33 Å². The first-order valence-corrected chi connectivity index (χ1v) is 10.4. The van der Waals surface area contributed by atoms with Crippen molar-refractivity contribution in [3.63, 3.8) is 0 Å². The molecule has 0 heterocycles. The van der Waals surface area contributed by atoms with Crippen molar-refractivity contribution in [3.05, 3.63) is 0 Å². The Bertz CT molecular complexity index is 393. The highest BCUT2D eigenvalue weighted by molar-refractivity contribution is 6.65. The van der Waals surface area contributed by atoms with Crippen LogP contribution in [-0.4, -0.2) is 44.6 Å². The predicted molar refractivity (Wildman–Crippen MR) is 98.7 cm³/mol. The topological polar surface area (TPSA) is 52.6 Å². The summed E-state index contributed by atoms with van der Waals surface area (Å²) in [6.45, 7) is 6.20. The predicted octanol–water partition coefficient (Wildman–Crippen LogP) is 3.39. The van der Waals surface area contributed by atoms with Crippen molar-refractivity contribution in [3.8, 4) is 0 Å². The summed E-state index contributed by atoms with van der Waals surface area (Å²) in [5, 5.41) is 0. The molecule has 0 aliphatic carbocycles. The van der Waals surface area contributed by atoms with Gasteiger partial charge in [-0.05, 0) is 18.4 Å². The number of rotatable bonds is 11. The molecule has 0 aliphatic rings. The van der Waals surface area contributed by atoms with Gasteiger partial charge in [0.05, 0.1) is 13.2 Å². The van der Waals surface area contributed by atoms with Crippen LogP contribution in [0.2, 0.25) is 5.54 Å². The summed E-state index contributed by atoms with van der Waals surface area (Å²) in [6, 6.07) is 0. The van der Waals surface area contributed by atoms with Crippen LogP contribution in [0.3, 0.4) is 0 Å². The van der Waals surface area contributed by atoms with E-state index in [-0.39, 0.29) is 18.8 Å². The van der Waals surface area contributed by atoms with E-state index in [2.05, 4.69) is 0 Å². The van der Waals surface area contributed by atoms with Gasteiger partial charge in [-0.3, -0.25) is 4.79 Å². The molecule has 0 radical (unpaired) electrons. The lowest BCUT2D eigenvalue weighted by molar-refractivity contribution is -0.154. The maximum Gasteiger partial charge on any atom is 0.345 e. The Hall–Kier alpha value is 0.0269. The number of ether oxygens (including phenoxy) is 2. The number of esters is 2. The molecule has 0 spiro atoms. The first kappa shape index (κ1) is 23.0. The molecule has 0 aliphatic heterocycles. The van der Waals surface area contributed by atoms with E-state index in [1.54, 1.807) is 0 Å². The van der Waals surface area contributed by atoms with Crippen LogP contribution in [-0.2, 0) is 19.1 Å². The van der Waals surface area contributed by atoms with Gasteiger partial charge in [-0.15, -0.1) is 11.6 Å². The third-order valence-electron chi connectivity index (χ3n) is 3.76. The quantitative estimate of drug-likeness (QED) is 0.229.